The third-order valence-electron chi connectivity index (χ3n) is 14.7. The van der Waals surface area contributed by atoms with Crippen molar-refractivity contribution in [2.24, 2.45) is 17.7 Å². The van der Waals surface area contributed by atoms with Gasteiger partial charge in [-0.2, -0.15) is 34.3 Å². The number of amides is 1. The molecule has 7 aromatic heterocycles. The Morgan fingerprint density at radius 3 is 1.32 bits per heavy atom. The lowest BCUT2D eigenvalue weighted by Gasteiger charge is -2.12. The number of carboxylic acid groups (broad SMARTS) is 1. The van der Waals surface area contributed by atoms with Crippen LogP contribution in [0, 0.1) is 22.1 Å². The number of hydrogen-bond donors (Lipinski definition) is 7. The van der Waals surface area contributed by atoms with E-state index in [1.54, 1.807) is 37.6 Å². The van der Waals surface area contributed by atoms with Crippen LogP contribution in [0.1, 0.15) is 90.4 Å². The topological polar surface area (TPSA) is 414 Å². The second-order valence-corrected chi connectivity index (χ2v) is 20.8. The molecule has 0 radical (unpaired) electrons. The Bertz CT molecular complexity index is 3990. The molecule has 9 N–H and O–H groups in total. The van der Waals surface area contributed by atoms with Gasteiger partial charge in [-0.3, -0.25) is 15.0 Å². The monoisotopic (exact) mass is 1260 g/mol. The summed E-state index contributed by atoms with van der Waals surface area (Å²) in [5, 5.41) is 59.1. The number of carbonyl (C=O) groups is 2. The minimum Gasteiger partial charge on any atom is -0.494 e. The van der Waals surface area contributed by atoms with Gasteiger partial charge in [0.2, 0.25) is 29.6 Å². The number of rotatable bonds is 18. The highest BCUT2D eigenvalue weighted by Crippen LogP contribution is 2.36. The van der Waals surface area contributed by atoms with Crippen molar-refractivity contribution in [1.82, 2.24) is 90.5 Å². The molecule has 456 valence electrons. The van der Waals surface area contributed by atoms with Gasteiger partial charge >= 0.3 is 12.0 Å². The smallest absolute Gasteiger partial charge is 0.312 e. The highest BCUT2D eigenvalue weighted by Gasteiger charge is 2.33. The number of halogens is 1. The zero-order valence-corrected chi connectivity index (χ0v) is 49.7. The molecule has 31 nitrogen and oxygen atoms in total. The van der Waals surface area contributed by atoms with Gasteiger partial charge in [-0.1, -0.05) is 20.7 Å². The van der Waals surface area contributed by atoms with Gasteiger partial charge in [0.15, 0.2) is 33.5 Å². The van der Waals surface area contributed by atoms with Gasteiger partial charge in [0.1, 0.15) is 22.2 Å². The van der Waals surface area contributed by atoms with E-state index in [1.807, 2.05) is 93.6 Å². The lowest BCUT2D eigenvalue weighted by molar-refractivity contribution is -0.141. The van der Waals surface area contributed by atoms with Crippen molar-refractivity contribution in [2.45, 2.75) is 103 Å². The van der Waals surface area contributed by atoms with Crippen LogP contribution in [0.4, 0.5) is 23.9 Å². The number of fused-ring (bicyclic) bond motifs is 3. The molecule has 6 atom stereocenters. The van der Waals surface area contributed by atoms with Crippen LogP contribution in [0.5, 0.6) is 17.2 Å². The molecule has 0 saturated heterocycles. The van der Waals surface area contributed by atoms with Gasteiger partial charge in [-0.25, -0.2) is 20.8 Å². The number of benzene rings is 3. The first-order valence-corrected chi connectivity index (χ1v) is 29.3. The summed E-state index contributed by atoms with van der Waals surface area (Å²) in [5.74, 6) is 8.62. The molecular weight excluding hydrogens is 1200 g/mol. The minimum atomic E-state index is -0.742. The van der Waals surface area contributed by atoms with Crippen LogP contribution in [0.3, 0.4) is 0 Å². The molecule has 3 aliphatic carbocycles. The van der Waals surface area contributed by atoms with E-state index in [9.17, 15) is 9.59 Å². The number of ether oxygens (including phenoxy) is 3. The Balaban J connectivity index is 0.000000143. The highest BCUT2D eigenvalue weighted by molar-refractivity contribution is 9.12. The van der Waals surface area contributed by atoms with E-state index in [1.165, 1.54) is 0 Å². The lowest BCUT2D eigenvalue weighted by atomic mass is 10.1. The molecule has 3 aliphatic rings. The second kappa shape index (κ2) is 28.7. The van der Waals surface area contributed by atoms with Crippen molar-refractivity contribution in [3.8, 4) is 39.3 Å². The summed E-state index contributed by atoms with van der Waals surface area (Å²) in [6.07, 6.45) is 12.0. The fourth-order valence-electron chi connectivity index (χ4n) is 10.6. The lowest BCUT2D eigenvalue weighted by Crippen LogP contribution is -2.35. The number of nitriles is 1. The van der Waals surface area contributed by atoms with Gasteiger partial charge in [0, 0.05) is 45.9 Å². The molecule has 0 unspecified atom stereocenters. The van der Waals surface area contributed by atoms with Crippen molar-refractivity contribution in [3.63, 3.8) is 0 Å². The minimum absolute atomic E-state index is 0.0540. The number of nitrogens with zero attached hydrogens (tertiary/aromatic N) is 18. The highest BCUT2D eigenvalue weighted by atomic mass is 79.9. The Hall–Kier alpha value is -10.3. The van der Waals surface area contributed by atoms with Gasteiger partial charge in [-0.15, -0.1) is 20.4 Å². The van der Waals surface area contributed by atoms with E-state index in [0.717, 1.165) is 72.8 Å². The zero-order valence-electron chi connectivity index (χ0n) is 48.1. The molecule has 3 aromatic carbocycles. The quantitative estimate of drug-likeness (QED) is 0.0269. The van der Waals surface area contributed by atoms with Crippen LogP contribution in [-0.2, 0) is 9.59 Å². The summed E-state index contributed by atoms with van der Waals surface area (Å²) in [6, 6.07) is 23.2. The molecule has 7 heterocycles. The molecule has 88 heavy (non-hydrogen) atoms. The third kappa shape index (κ3) is 14.8. The van der Waals surface area contributed by atoms with Gasteiger partial charge < -0.3 is 45.4 Å². The Labute approximate surface area is 510 Å². The van der Waals surface area contributed by atoms with Crippen molar-refractivity contribution >= 4 is 85.2 Å². The number of carboxylic acids is 1. The van der Waals surface area contributed by atoms with E-state index >= 15 is 0 Å². The maximum Gasteiger partial charge on any atom is 0.312 e. The number of aromatic nitrogens is 17. The second-order valence-electron chi connectivity index (χ2n) is 20.5. The predicted octanol–water partition coefficient (Wildman–Crippen LogP) is 6.64. The first-order chi connectivity index (χ1) is 42.9. The van der Waals surface area contributed by atoms with Crippen LogP contribution in [0.25, 0.3) is 50.6 Å². The number of anilines is 4. The van der Waals surface area contributed by atoms with Crippen molar-refractivity contribution in [2.75, 3.05) is 41.5 Å². The number of carbonyl (C=O) groups excluding carboxylic acids is 1. The zero-order chi connectivity index (χ0) is 61.5. The SMILES string of the molecule is CCOc1ccc(-n2nnc3cnc(N[C@@H]4CC[C@@H](C(=O)NN)C4)nc32)cc1.CCOc1ccc(-n2nnc3cnc(N[C@@H]4CC[C@@H](C(=O)O)C4)nc32)cc1.CCOc1ccc(-n2nnc3cnc(N[C@@H]4CC[C@@H](c5nnc(N)o5)C4)nc32)cc1.N#CBr. The van der Waals surface area contributed by atoms with Crippen LogP contribution < -0.4 is 47.2 Å². The van der Waals surface area contributed by atoms with E-state index in [2.05, 4.69) is 108 Å². The number of nitrogens with two attached hydrogens (primary N) is 2. The third-order valence-corrected chi connectivity index (χ3v) is 14.7. The van der Waals surface area contributed by atoms with Crippen molar-refractivity contribution in [3.05, 3.63) is 97.3 Å². The summed E-state index contributed by atoms with van der Waals surface area (Å²) < 4.78 is 26.8. The summed E-state index contributed by atoms with van der Waals surface area (Å²) in [7, 11) is 0. The number of aliphatic carboxylic acids is 1. The molecule has 0 bridgehead atoms. The Morgan fingerprint density at radius 1 is 0.591 bits per heavy atom. The fourth-order valence-corrected chi connectivity index (χ4v) is 10.6. The van der Waals surface area contributed by atoms with E-state index in [4.69, 9.17) is 40.6 Å². The maximum atomic E-state index is 11.7. The largest absolute Gasteiger partial charge is 0.494 e. The normalized spacial score (nSPS) is 18.4. The number of hydrogen-bond acceptors (Lipinski definition) is 26. The first-order valence-electron chi connectivity index (χ1n) is 28.5. The van der Waals surface area contributed by atoms with Crippen LogP contribution in [-0.4, -0.2) is 140 Å². The van der Waals surface area contributed by atoms with Gasteiger partial charge in [-0.05, 0) is 151 Å². The van der Waals surface area contributed by atoms with Gasteiger partial charge in [0.25, 0.3) is 0 Å². The summed E-state index contributed by atoms with van der Waals surface area (Å²) >= 11 is 2.45. The summed E-state index contributed by atoms with van der Waals surface area (Å²) in [5.41, 5.74) is 13.9. The van der Waals surface area contributed by atoms with Crippen molar-refractivity contribution in [1.29, 1.82) is 5.26 Å². The molecule has 3 saturated carbocycles. The van der Waals surface area contributed by atoms with E-state index in [0.29, 0.717) is 96.3 Å². The molecule has 3 fully saturated rings. The van der Waals surface area contributed by atoms with E-state index in [-0.39, 0.29) is 47.8 Å². The molecular formula is C56H63BrN24O7. The summed E-state index contributed by atoms with van der Waals surface area (Å²) in [6.45, 7) is 7.68. The maximum absolute atomic E-state index is 11.7. The Kier molecular flexibility index (Phi) is 19.9. The molecule has 1 amide bonds. The molecule has 0 spiro atoms. The first kappa shape index (κ1) is 60.8. The van der Waals surface area contributed by atoms with Crippen LogP contribution in [0.2, 0.25) is 0 Å². The molecule has 13 rings (SSSR count). The van der Waals surface area contributed by atoms with Crippen molar-refractivity contribution < 1.29 is 33.3 Å². The van der Waals surface area contributed by atoms with Crippen LogP contribution in [0.15, 0.2) is 95.8 Å². The number of nitrogens with one attached hydrogen (secondary N) is 4. The Morgan fingerprint density at radius 2 is 0.966 bits per heavy atom. The van der Waals surface area contributed by atoms with Crippen LogP contribution >= 0.6 is 15.9 Å². The number of hydrazine groups is 1. The standard InChI is InChI=1S/C19H21N9O2.C18H22N8O2.C18H20N6O3.CBrN/c1-2-29-14-7-5-13(6-8-14)28-16-15(24-27-28)10-21-19(23-16)22-12-4-3-11(9-12)17-25-26-18(20)30-17;1-2-28-14-7-5-13(6-8-14)26-16-15(24-25-26)10-20-18(22-16)21-12-4-3-11(9-12)17(27)23-19;1-2-27-14-7-5-13(6-8-14)24-16-15(22-23-24)10-19-18(21-16)20-12-4-3-11(9-12)17(25)26;2-1-3/h5-8,10-12H,2-4,9H2,1H3,(H2,20,26)(H,21,22,23);5-8,10-12H,2-4,9,19H2,1H3,(H,23,27)(H,20,21,22);5-8,10-12H,2-4,9H2,1H3,(H,25,26)(H,19,20,21);/t3*11-,12-;/m111./s1. The average molecular weight is 1260 g/mol. The number of nitrogen functional groups attached to an aromatic ring is 1. The summed E-state index contributed by atoms with van der Waals surface area (Å²) in [4.78, 5) is 51.1. The molecule has 32 heteroatoms. The van der Waals surface area contributed by atoms with E-state index < -0.39 is 5.97 Å². The van der Waals surface area contributed by atoms with Gasteiger partial charge in [0.05, 0.1) is 61.4 Å². The molecule has 0 aliphatic heterocycles. The average Bonchev–Trinajstić information content (AvgIpc) is 3.87. The fraction of sp³-hybridized carbons (Fsp3) is 0.375. The predicted molar refractivity (Wildman–Crippen MR) is 324 cm³/mol. The molecule has 10 aromatic rings.